The Morgan fingerprint density at radius 2 is 1.95 bits per heavy atom. The number of hydrogen-bond donors (Lipinski definition) is 0. The summed E-state index contributed by atoms with van der Waals surface area (Å²) in [6, 6.07) is 12.1. The van der Waals surface area contributed by atoms with Crippen molar-refractivity contribution in [2.45, 2.75) is 12.8 Å². The van der Waals surface area contributed by atoms with E-state index in [2.05, 4.69) is 39.9 Å². The molecule has 3 aromatic rings. The molecule has 102 valence electrons. The SMILES string of the molecule is C1=CC(c2nc(-c3ccccn3)c3ccccn23)=CCC1. The largest absolute Gasteiger partial charge is 0.299 e. The maximum atomic E-state index is 4.86. The maximum Gasteiger partial charge on any atom is 0.144 e. The quantitative estimate of drug-likeness (QED) is 0.702. The van der Waals surface area contributed by atoms with Crippen LogP contribution in [0.25, 0.3) is 22.5 Å². The van der Waals surface area contributed by atoms with Crippen molar-refractivity contribution in [1.82, 2.24) is 14.4 Å². The van der Waals surface area contributed by atoms with Gasteiger partial charge in [0, 0.05) is 18.0 Å². The van der Waals surface area contributed by atoms with Gasteiger partial charge in [-0.25, -0.2) is 4.98 Å². The monoisotopic (exact) mass is 273 g/mol. The Labute approximate surface area is 123 Å². The lowest BCUT2D eigenvalue weighted by molar-refractivity contribution is 1.02. The van der Waals surface area contributed by atoms with Gasteiger partial charge in [0.05, 0.1) is 11.2 Å². The van der Waals surface area contributed by atoms with Crippen LogP contribution in [0.1, 0.15) is 18.7 Å². The molecule has 3 nitrogen and oxygen atoms in total. The Kier molecular flexibility index (Phi) is 2.89. The van der Waals surface area contributed by atoms with Crippen molar-refractivity contribution in [2.24, 2.45) is 0 Å². The highest BCUT2D eigenvalue weighted by Gasteiger charge is 2.15. The van der Waals surface area contributed by atoms with Crippen LogP contribution in [0, 0.1) is 0 Å². The minimum absolute atomic E-state index is 0.910. The summed E-state index contributed by atoms with van der Waals surface area (Å²) in [5, 5.41) is 0. The first-order valence-corrected chi connectivity index (χ1v) is 7.19. The summed E-state index contributed by atoms with van der Waals surface area (Å²) in [6.45, 7) is 0. The molecule has 4 rings (SSSR count). The summed E-state index contributed by atoms with van der Waals surface area (Å²) < 4.78 is 2.14. The molecule has 3 heterocycles. The summed E-state index contributed by atoms with van der Waals surface area (Å²) in [5.74, 6) is 0.988. The fourth-order valence-corrected chi connectivity index (χ4v) is 2.71. The van der Waals surface area contributed by atoms with E-state index in [0.717, 1.165) is 35.6 Å². The second-order valence-electron chi connectivity index (χ2n) is 5.09. The zero-order valence-corrected chi connectivity index (χ0v) is 11.6. The molecule has 0 radical (unpaired) electrons. The molecule has 0 aromatic carbocycles. The van der Waals surface area contributed by atoms with Gasteiger partial charge in [0.25, 0.3) is 0 Å². The van der Waals surface area contributed by atoms with Gasteiger partial charge in [0.15, 0.2) is 0 Å². The standard InChI is InChI=1S/C18H15N3/c1-2-8-14(9-3-1)18-20-17(15-10-4-6-12-19-15)16-11-5-7-13-21(16)18/h2,4-13H,1,3H2. The second kappa shape index (κ2) is 5.02. The smallest absolute Gasteiger partial charge is 0.144 e. The number of fused-ring (bicyclic) bond motifs is 1. The molecule has 0 unspecified atom stereocenters. The van der Waals surface area contributed by atoms with Gasteiger partial charge in [-0.2, -0.15) is 0 Å². The molecule has 1 aliphatic rings. The summed E-state index contributed by atoms with van der Waals surface area (Å²) in [7, 11) is 0. The van der Waals surface area contributed by atoms with Crippen molar-refractivity contribution in [2.75, 3.05) is 0 Å². The van der Waals surface area contributed by atoms with E-state index in [1.54, 1.807) is 0 Å². The molecule has 3 heteroatoms. The van der Waals surface area contributed by atoms with Gasteiger partial charge in [0.2, 0.25) is 0 Å². The average molecular weight is 273 g/mol. The summed E-state index contributed by atoms with van der Waals surface area (Å²) in [4.78, 5) is 9.31. The highest BCUT2D eigenvalue weighted by atomic mass is 15.0. The van der Waals surface area contributed by atoms with Crippen molar-refractivity contribution >= 4 is 11.1 Å². The van der Waals surface area contributed by atoms with Crippen molar-refractivity contribution in [3.63, 3.8) is 0 Å². The summed E-state index contributed by atoms with van der Waals surface area (Å²) in [5.41, 5.74) is 4.12. The highest BCUT2D eigenvalue weighted by Crippen LogP contribution is 2.28. The minimum Gasteiger partial charge on any atom is -0.299 e. The second-order valence-corrected chi connectivity index (χ2v) is 5.09. The zero-order valence-electron chi connectivity index (χ0n) is 11.6. The first kappa shape index (κ1) is 12.1. The molecule has 0 saturated carbocycles. The van der Waals surface area contributed by atoms with Crippen LogP contribution in [0.3, 0.4) is 0 Å². The number of nitrogens with zero attached hydrogens (tertiary/aromatic N) is 3. The normalized spacial score (nSPS) is 14.4. The third-order valence-electron chi connectivity index (χ3n) is 3.71. The fourth-order valence-electron chi connectivity index (χ4n) is 2.71. The van der Waals surface area contributed by atoms with Gasteiger partial charge < -0.3 is 0 Å². The van der Waals surface area contributed by atoms with Gasteiger partial charge >= 0.3 is 0 Å². The lowest BCUT2D eigenvalue weighted by Crippen LogP contribution is -1.93. The molecule has 0 amide bonds. The Morgan fingerprint density at radius 3 is 2.76 bits per heavy atom. The van der Waals surface area contributed by atoms with Gasteiger partial charge in [-0.3, -0.25) is 9.38 Å². The Balaban J connectivity index is 1.97. The van der Waals surface area contributed by atoms with Crippen LogP contribution in [-0.4, -0.2) is 14.4 Å². The zero-order chi connectivity index (χ0) is 14.1. The van der Waals surface area contributed by atoms with Crippen LogP contribution in [0.2, 0.25) is 0 Å². The maximum absolute atomic E-state index is 4.86. The molecule has 1 aliphatic carbocycles. The molecule has 0 aliphatic heterocycles. The van der Waals surface area contributed by atoms with Crippen LogP contribution >= 0.6 is 0 Å². The molecule has 0 atom stereocenters. The number of pyridine rings is 2. The number of rotatable bonds is 2. The van der Waals surface area contributed by atoms with Gasteiger partial charge in [-0.15, -0.1) is 0 Å². The topological polar surface area (TPSA) is 30.2 Å². The number of imidazole rings is 1. The number of allylic oxidation sites excluding steroid dienone is 4. The third-order valence-corrected chi connectivity index (χ3v) is 3.71. The molecular weight excluding hydrogens is 258 g/mol. The van der Waals surface area contributed by atoms with E-state index in [1.807, 2.05) is 36.5 Å². The predicted molar refractivity (Wildman–Crippen MR) is 84.8 cm³/mol. The van der Waals surface area contributed by atoms with Crippen LogP contribution in [-0.2, 0) is 0 Å². The molecule has 0 N–H and O–H groups in total. The molecule has 3 aromatic heterocycles. The predicted octanol–water partition coefficient (Wildman–Crippen LogP) is 4.13. The van der Waals surface area contributed by atoms with Crippen LogP contribution in [0.15, 0.2) is 67.0 Å². The van der Waals surface area contributed by atoms with E-state index in [9.17, 15) is 0 Å². The molecule has 0 fully saturated rings. The first-order chi connectivity index (χ1) is 10.4. The van der Waals surface area contributed by atoms with Gasteiger partial charge in [-0.05, 0) is 37.1 Å². The number of hydrogen-bond acceptors (Lipinski definition) is 2. The van der Waals surface area contributed by atoms with Crippen LogP contribution < -0.4 is 0 Å². The molecular formula is C18H15N3. The van der Waals surface area contributed by atoms with E-state index < -0.39 is 0 Å². The van der Waals surface area contributed by atoms with Gasteiger partial charge in [-0.1, -0.05) is 30.4 Å². The lowest BCUT2D eigenvalue weighted by Gasteiger charge is -2.05. The fraction of sp³-hybridized carbons (Fsp3) is 0.111. The van der Waals surface area contributed by atoms with Crippen molar-refractivity contribution in [3.8, 4) is 11.4 Å². The Bertz CT molecular complexity index is 841. The average Bonchev–Trinajstić information content (AvgIpc) is 2.96. The highest BCUT2D eigenvalue weighted by molar-refractivity contribution is 5.81. The van der Waals surface area contributed by atoms with Gasteiger partial charge in [0.1, 0.15) is 11.5 Å². The molecule has 0 saturated heterocycles. The lowest BCUT2D eigenvalue weighted by atomic mass is 10.1. The Morgan fingerprint density at radius 1 is 1.00 bits per heavy atom. The van der Waals surface area contributed by atoms with E-state index in [0.29, 0.717) is 0 Å². The van der Waals surface area contributed by atoms with E-state index in [4.69, 9.17) is 4.98 Å². The Hall–Kier alpha value is -2.68. The van der Waals surface area contributed by atoms with Crippen LogP contribution in [0.4, 0.5) is 0 Å². The molecule has 0 bridgehead atoms. The minimum atomic E-state index is 0.910. The molecule has 21 heavy (non-hydrogen) atoms. The number of aromatic nitrogens is 3. The van der Waals surface area contributed by atoms with Crippen molar-refractivity contribution < 1.29 is 0 Å². The van der Waals surface area contributed by atoms with Crippen molar-refractivity contribution in [1.29, 1.82) is 0 Å². The van der Waals surface area contributed by atoms with E-state index in [-0.39, 0.29) is 0 Å². The third kappa shape index (κ3) is 2.07. The first-order valence-electron chi connectivity index (χ1n) is 7.19. The van der Waals surface area contributed by atoms with E-state index >= 15 is 0 Å². The molecule has 0 spiro atoms. The van der Waals surface area contributed by atoms with E-state index in [1.165, 1.54) is 5.57 Å². The summed E-state index contributed by atoms with van der Waals surface area (Å²) in [6.07, 6.45) is 12.7. The van der Waals surface area contributed by atoms with Crippen molar-refractivity contribution in [3.05, 3.63) is 72.8 Å². The summed E-state index contributed by atoms with van der Waals surface area (Å²) >= 11 is 0. The van der Waals surface area contributed by atoms with Crippen LogP contribution in [0.5, 0.6) is 0 Å².